The van der Waals surface area contributed by atoms with Gasteiger partial charge in [0.1, 0.15) is 5.69 Å². The number of carbonyl (C=O) groups excluding carboxylic acids is 1. The fourth-order valence-corrected chi connectivity index (χ4v) is 4.00. The molecule has 4 rings (SSSR count). The summed E-state index contributed by atoms with van der Waals surface area (Å²) in [5, 5.41) is 4.69. The number of hydrogen-bond donors (Lipinski definition) is 0. The molecule has 2 fully saturated rings. The van der Waals surface area contributed by atoms with Gasteiger partial charge < -0.3 is 19.1 Å². The van der Waals surface area contributed by atoms with Crippen LogP contribution >= 0.6 is 0 Å². The third-order valence-corrected chi connectivity index (χ3v) is 5.46. The number of aromatic nitrogens is 2. The Balaban J connectivity index is 1.71. The quantitative estimate of drug-likeness (QED) is 0.826. The lowest BCUT2D eigenvalue weighted by Crippen LogP contribution is -2.72. The van der Waals surface area contributed by atoms with Gasteiger partial charge in [0.2, 0.25) is 0 Å². The third-order valence-electron chi connectivity index (χ3n) is 5.46. The molecule has 3 aliphatic heterocycles. The van der Waals surface area contributed by atoms with Crippen molar-refractivity contribution < 1.29 is 19.0 Å². The summed E-state index contributed by atoms with van der Waals surface area (Å²) in [5.41, 5.74) is 2.59. The summed E-state index contributed by atoms with van der Waals surface area (Å²) in [5.74, 6) is 0.0794. The average molecular weight is 335 g/mol. The van der Waals surface area contributed by atoms with Crippen LogP contribution in [0.25, 0.3) is 0 Å². The molecule has 1 amide bonds. The van der Waals surface area contributed by atoms with E-state index in [2.05, 4.69) is 0 Å². The normalized spacial score (nSPS) is 27.5. The van der Waals surface area contributed by atoms with Crippen molar-refractivity contribution >= 4 is 5.91 Å². The number of amides is 1. The van der Waals surface area contributed by atoms with Crippen LogP contribution in [0.3, 0.4) is 0 Å². The zero-order valence-corrected chi connectivity index (χ0v) is 14.6. The summed E-state index contributed by atoms with van der Waals surface area (Å²) in [6.45, 7) is 7.26. The number of methoxy groups -OCH3 is 1. The van der Waals surface area contributed by atoms with Gasteiger partial charge in [-0.15, -0.1) is 0 Å². The topological polar surface area (TPSA) is 65.8 Å². The van der Waals surface area contributed by atoms with Gasteiger partial charge in [0.05, 0.1) is 49.8 Å². The van der Waals surface area contributed by atoms with Gasteiger partial charge in [-0.2, -0.15) is 5.10 Å². The molecule has 0 aliphatic carbocycles. The second-order valence-corrected chi connectivity index (χ2v) is 7.15. The van der Waals surface area contributed by atoms with Gasteiger partial charge in [-0.1, -0.05) is 0 Å². The molecule has 7 nitrogen and oxygen atoms in total. The van der Waals surface area contributed by atoms with E-state index in [9.17, 15) is 4.79 Å². The molecule has 7 heteroatoms. The van der Waals surface area contributed by atoms with Gasteiger partial charge in [0.15, 0.2) is 0 Å². The van der Waals surface area contributed by atoms with Crippen molar-refractivity contribution in [1.29, 1.82) is 0 Å². The number of hydrogen-bond acceptors (Lipinski definition) is 5. The van der Waals surface area contributed by atoms with Crippen molar-refractivity contribution in [2.45, 2.75) is 51.0 Å². The molecule has 2 atom stereocenters. The Bertz CT molecular complexity index is 647. The summed E-state index contributed by atoms with van der Waals surface area (Å²) in [6.07, 6.45) is 1.77. The Morgan fingerprint density at radius 3 is 2.79 bits per heavy atom. The van der Waals surface area contributed by atoms with Gasteiger partial charge in [0, 0.05) is 25.6 Å². The van der Waals surface area contributed by atoms with E-state index in [1.54, 1.807) is 7.11 Å². The number of fused-ring (bicyclic) bond motifs is 1. The average Bonchev–Trinajstić information content (AvgIpc) is 2.81. The number of likely N-dealkylation sites (tertiary alicyclic amines) is 1. The van der Waals surface area contributed by atoms with Crippen molar-refractivity contribution in [3.05, 3.63) is 17.0 Å². The molecule has 0 saturated carbocycles. The lowest BCUT2D eigenvalue weighted by Gasteiger charge is -2.57. The largest absolute Gasteiger partial charge is 0.383 e. The predicted molar refractivity (Wildman–Crippen MR) is 86.0 cm³/mol. The van der Waals surface area contributed by atoms with Crippen LogP contribution in [-0.2, 0) is 27.2 Å². The van der Waals surface area contributed by atoms with Gasteiger partial charge in [-0.3, -0.25) is 9.48 Å². The highest BCUT2D eigenvalue weighted by atomic mass is 16.5. The number of ether oxygens (including phenoxy) is 3. The summed E-state index contributed by atoms with van der Waals surface area (Å²) >= 11 is 0. The molecule has 1 spiro atoms. The minimum Gasteiger partial charge on any atom is -0.383 e. The van der Waals surface area contributed by atoms with Gasteiger partial charge >= 0.3 is 0 Å². The summed E-state index contributed by atoms with van der Waals surface area (Å²) in [6, 6.07) is 0. The zero-order chi connectivity index (χ0) is 16.9. The van der Waals surface area contributed by atoms with Crippen LogP contribution in [0.15, 0.2) is 0 Å². The van der Waals surface area contributed by atoms with Crippen molar-refractivity contribution in [2.75, 3.05) is 33.5 Å². The Hall–Kier alpha value is -1.44. The first kappa shape index (κ1) is 16.1. The highest BCUT2D eigenvalue weighted by Gasteiger charge is 2.54. The Kier molecular flexibility index (Phi) is 3.89. The van der Waals surface area contributed by atoms with Gasteiger partial charge in [-0.25, -0.2) is 0 Å². The van der Waals surface area contributed by atoms with E-state index in [0.717, 1.165) is 36.3 Å². The van der Waals surface area contributed by atoms with E-state index in [1.807, 2.05) is 23.4 Å². The monoisotopic (exact) mass is 335 g/mol. The van der Waals surface area contributed by atoms with Gasteiger partial charge in [-0.05, 0) is 20.3 Å². The second-order valence-electron chi connectivity index (χ2n) is 7.15. The first-order valence-electron chi connectivity index (χ1n) is 8.69. The Labute approximate surface area is 141 Å². The van der Waals surface area contributed by atoms with E-state index in [0.29, 0.717) is 26.4 Å². The maximum absolute atomic E-state index is 13.3. The van der Waals surface area contributed by atoms with E-state index in [1.165, 1.54) is 0 Å². The molecule has 0 radical (unpaired) electrons. The molecular weight excluding hydrogens is 310 g/mol. The van der Waals surface area contributed by atoms with Crippen molar-refractivity contribution in [1.82, 2.24) is 14.7 Å². The molecule has 0 N–H and O–H groups in total. The van der Waals surface area contributed by atoms with Crippen molar-refractivity contribution in [3.8, 4) is 0 Å². The van der Waals surface area contributed by atoms with Crippen LogP contribution in [0.2, 0.25) is 0 Å². The minimum absolute atomic E-state index is 0.0667. The molecular formula is C17H25N3O4. The summed E-state index contributed by atoms with van der Waals surface area (Å²) in [4.78, 5) is 15.3. The molecule has 3 aliphatic rings. The van der Waals surface area contributed by atoms with Crippen LogP contribution in [0, 0.1) is 0 Å². The van der Waals surface area contributed by atoms with E-state index < -0.39 is 0 Å². The maximum atomic E-state index is 13.3. The fraction of sp³-hybridized carbons (Fsp3) is 0.765. The first-order valence-corrected chi connectivity index (χ1v) is 8.69. The lowest BCUT2D eigenvalue weighted by atomic mass is 9.82. The van der Waals surface area contributed by atoms with E-state index >= 15 is 0 Å². The Morgan fingerprint density at radius 2 is 2.21 bits per heavy atom. The van der Waals surface area contributed by atoms with E-state index in [-0.39, 0.29) is 23.7 Å². The molecule has 0 bridgehead atoms. The second kappa shape index (κ2) is 5.82. The number of rotatable bonds is 4. The molecule has 0 unspecified atom stereocenters. The Morgan fingerprint density at radius 1 is 1.42 bits per heavy atom. The van der Waals surface area contributed by atoms with Crippen LogP contribution in [0.1, 0.15) is 48.1 Å². The summed E-state index contributed by atoms with van der Waals surface area (Å²) in [7, 11) is 1.66. The zero-order valence-electron chi connectivity index (χ0n) is 14.6. The SMILES string of the molecule is COCCn1nc2c(c1C(=O)N1CCC13COC3)C[C@H](C)O[C@@H]2C. The molecule has 24 heavy (non-hydrogen) atoms. The van der Waals surface area contributed by atoms with Crippen LogP contribution in [-0.4, -0.2) is 65.7 Å². The standard InChI is InChI=1S/C17H25N3O4/c1-11-8-13-14(12(2)24-11)18-20(6-7-22-3)15(13)16(21)19-5-4-17(19)9-23-10-17/h11-12H,4-10H2,1-3H3/t11-,12+/m0/s1. The highest BCUT2D eigenvalue weighted by molar-refractivity contribution is 5.95. The van der Waals surface area contributed by atoms with Crippen LogP contribution < -0.4 is 0 Å². The smallest absolute Gasteiger partial charge is 0.273 e. The van der Waals surface area contributed by atoms with Crippen molar-refractivity contribution in [2.24, 2.45) is 0 Å². The van der Waals surface area contributed by atoms with E-state index in [4.69, 9.17) is 19.3 Å². The third kappa shape index (κ3) is 2.29. The number of nitrogens with zero attached hydrogens (tertiary/aromatic N) is 3. The molecule has 4 heterocycles. The molecule has 132 valence electrons. The highest BCUT2D eigenvalue weighted by Crippen LogP contribution is 2.40. The minimum atomic E-state index is -0.0866. The first-order chi connectivity index (χ1) is 11.6. The fourth-order valence-electron chi connectivity index (χ4n) is 4.00. The van der Waals surface area contributed by atoms with Crippen molar-refractivity contribution in [3.63, 3.8) is 0 Å². The lowest BCUT2D eigenvalue weighted by molar-refractivity contribution is -0.172. The molecule has 0 aromatic carbocycles. The predicted octanol–water partition coefficient (Wildman–Crippen LogP) is 1.17. The summed E-state index contributed by atoms with van der Waals surface area (Å²) < 4.78 is 18.3. The molecule has 1 aromatic heterocycles. The molecule has 1 aromatic rings. The van der Waals surface area contributed by atoms with Gasteiger partial charge in [0.25, 0.3) is 5.91 Å². The molecule has 2 saturated heterocycles. The maximum Gasteiger partial charge on any atom is 0.273 e. The number of carbonyl (C=O) groups is 1. The van der Waals surface area contributed by atoms with Crippen LogP contribution in [0.5, 0.6) is 0 Å². The van der Waals surface area contributed by atoms with Crippen LogP contribution in [0.4, 0.5) is 0 Å².